The quantitative estimate of drug-likeness (QED) is 0.746. The van der Waals surface area contributed by atoms with Crippen LogP contribution in [0.25, 0.3) is 0 Å². The summed E-state index contributed by atoms with van der Waals surface area (Å²) in [5.74, 6) is 0.539. The third-order valence-corrected chi connectivity index (χ3v) is 3.48. The summed E-state index contributed by atoms with van der Waals surface area (Å²) in [6.07, 6.45) is 2.03. The number of hydrogen-bond donors (Lipinski definition) is 0. The van der Waals surface area contributed by atoms with Gasteiger partial charge >= 0.3 is 0 Å². The first kappa shape index (κ1) is 11.7. The third-order valence-electron chi connectivity index (χ3n) is 2.89. The van der Waals surface area contributed by atoms with Crippen molar-refractivity contribution in [3.63, 3.8) is 0 Å². The highest BCUT2D eigenvalue weighted by Gasteiger charge is 2.28. The second-order valence-corrected chi connectivity index (χ2v) is 4.70. The van der Waals surface area contributed by atoms with E-state index in [0.717, 1.165) is 19.4 Å². The van der Waals surface area contributed by atoms with Crippen molar-refractivity contribution in [1.29, 1.82) is 0 Å². The van der Waals surface area contributed by atoms with Crippen molar-refractivity contribution in [2.24, 2.45) is 0 Å². The average Bonchev–Trinajstić information content (AvgIpc) is 2.76. The maximum atomic E-state index is 12.2. The molecule has 0 aliphatic carbocycles. The number of hydrogen-bond acceptors (Lipinski definition) is 1. The zero-order valence-electron chi connectivity index (χ0n) is 8.83. The van der Waals surface area contributed by atoms with Crippen LogP contribution in [0.1, 0.15) is 23.2 Å². The van der Waals surface area contributed by atoms with Gasteiger partial charge in [0.05, 0.1) is 0 Å². The molecule has 16 heavy (non-hydrogen) atoms. The monoisotopic (exact) mass is 257 g/mol. The highest BCUT2D eigenvalue weighted by Crippen LogP contribution is 2.22. The van der Waals surface area contributed by atoms with E-state index in [2.05, 4.69) is 0 Å². The maximum Gasteiger partial charge on any atom is 0.254 e. The minimum atomic E-state index is 0.0330. The first-order chi connectivity index (χ1) is 7.72. The van der Waals surface area contributed by atoms with Crippen molar-refractivity contribution < 1.29 is 4.79 Å². The van der Waals surface area contributed by atoms with E-state index in [0.29, 0.717) is 16.5 Å². The summed E-state index contributed by atoms with van der Waals surface area (Å²) in [6, 6.07) is 7.22. The van der Waals surface area contributed by atoms with E-state index in [4.69, 9.17) is 23.2 Å². The summed E-state index contributed by atoms with van der Waals surface area (Å²) in [7, 11) is 0. The number of carbonyl (C=O) groups is 1. The molecule has 0 bridgehead atoms. The van der Waals surface area contributed by atoms with Gasteiger partial charge in [0.2, 0.25) is 0 Å². The minimum absolute atomic E-state index is 0.0330. The summed E-state index contributed by atoms with van der Waals surface area (Å²) in [5.41, 5.74) is 0.643. The van der Waals surface area contributed by atoms with Gasteiger partial charge in [0.1, 0.15) is 0 Å². The smallest absolute Gasteiger partial charge is 0.254 e. The Morgan fingerprint density at radius 1 is 1.50 bits per heavy atom. The van der Waals surface area contributed by atoms with Gasteiger partial charge in [-0.2, -0.15) is 0 Å². The highest BCUT2D eigenvalue weighted by molar-refractivity contribution is 6.31. The molecule has 2 rings (SSSR count). The van der Waals surface area contributed by atoms with E-state index >= 15 is 0 Å². The number of rotatable bonds is 2. The van der Waals surface area contributed by atoms with Crippen LogP contribution < -0.4 is 0 Å². The van der Waals surface area contributed by atoms with Crippen molar-refractivity contribution in [3.05, 3.63) is 34.9 Å². The molecule has 1 aromatic carbocycles. The minimum Gasteiger partial charge on any atom is -0.334 e. The molecule has 0 aromatic heterocycles. The summed E-state index contributed by atoms with van der Waals surface area (Å²) in [5, 5.41) is 0.590. The van der Waals surface area contributed by atoms with Crippen LogP contribution in [0.4, 0.5) is 0 Å². The van der Waals surface area contributed by atoms with Crippen LogP contribution in [0.3, 0.4) is 0 Å². The number of carbonyl (C=O) groups excluding carboxylic acids is 1. The van der Waals surface area contributed by atoms with E-state index in [9.17, 15) is 4.79 Å². The molecular weight excluding hydrogens is 245 g/mol. The maximum absolute atomic E-state index is 12.2. The van der Waals surface area contributed by atoms with Gasteiger partial charge in [-0.05, 0) is 31.0 Å². The number of halogens is 2. The standard InChI is InChI=1S/C12H13Cl2NO/c13-8-11-5-2-6-15(11)12(16)9-3-1-4-10(14)7-9/h1,3-4,7,11H,2,5-6,8H2. The van der Waals surface area contributed by atoms with Crippen LogP contribution >= 0.6 is 23.2 Å². The number of benzene rings is 1. The summed E-state index contributed by atoms with van der Waals surface area (Å²) in [6.45, 7) is 0.794. The molecule has 0 saturated carbocycles. The van der Waals surface area contributed by atoms with Crippen molar-refractivity contribution in [2.45, 2.75) is 18.9 Å². The van der Waals surface area contributed by atoms with Crippen LogP contribution in [0.5, 0.6) is 0 Å². The Morgan fingerprint density at radius 2 is 2.31 bits per heavy atom. The van der Waals surface area contributed by atoms with Gasteiger partial charge in [0.15, 0.2) is 0 Å². The fourth-order valence-corrected chi connectivity index (χ4v) is 2.56. The number of likely N-dealkylation sites (tertiary alicyclic amines) is 1. The zero-order valence-corrected chi connectivity index (χ0v) is 10.3. The lowest BCUT2D eigenvalue weighted by Gasteiger charge is -2.22. The number of nitrogens with zero attached hydrogens (tertiary/aromatic N) is 1. The van der Waals surface area contributed by atoms with Gasteiger partial charge in [0, 0.05) is 29.1 Å². The van der Waals surface area contributed by atoms with Crippen LogP contribution in [0, 0.1) is 0 Å². The van der Waals surface area contributed by atoms with Crippen LogP contribution in [0.15, 0.2) is 24.3 Å². The van der Waals surface area contributed by atoms with E-state index in [-0.39, 0.29) is 11.9 Å². The molecule has 1 fully saturated rings. The Morgan fingerprint density at radius 3 is 3.00 bits per heavy atom. The number of amides is 1. The van der Waals surface area contributed by atoms with E-state index in [1.807, 2.05) is 4.90 Å². The third kappa shape index (κ3) is 2.33. The Bertz CT molecular complexity index is 394. The van der Waals surface area contributed by atoms with Gasteiger partial charge in [-0.25, -0.2) is 0 Å². The molecule has 0 N–H and O–H groups in total. The predicted octanol–water partition coefficient (Wildman–Crippen LogP) is 3.18. The predicted molar refractivity (Wildman–Crippen MR) is 66.2 cm³/mol. The fraction of sp³-hybridized carbons (Fsp3) is 0.417. The normalized spacial score (nSPS) is 20.1. The lowest BCUT2D eigenvalue weighted by molar-refractivity contribution is 0.0749. The molecule has 1 saturated heterocycles. The van der Waals surface area contributed by atoms with Gasteiger partial charge in [-0.3, -0.25) is 4.79 Å². The first-order valence-corrected chi connectivity index (χ1v) is 6.26. The first-order valence-electron chi connectivity index (χ1n) is 5.35. The topological polar surface area (TPSA) is 20.3 Å². The van der Waals surface area contributed by atoms with E-state index < -0.39 is 0 Å². The molecule has 86 valence electrons. The van der Waals surface area contributed by atoms with Crippen molar-refractivity contribution >= 4 is 29.1 Å². The molecule has 1 unspecified atom stereocenters. The molecule has 4 heteroatoms. The van der Waals surface area contributed by atoms with Crippen molar-refractivity contribution in [2.75, 3.05) is 12.4 Å². The van der Waals surface area contributed by atoms with Gasteiger partial charge in [-0.15, -0.1) is 11.6 Å². The van der Waals surface area contributed by atoms with Crippen molar-refractivity contribution in [1.82, 2.24) is 4.90 Å². The molecule has 0 spiro atoms. The molecule has 1 aliphatic heterocycles. The Hall–Kier alpha value is -0.730. The molecular formula is C12H13Cl2NO. The Kier molecular flexibility index (Phi) is 3.72. The molecule has 1 amide bonds. The summed E-state index contributed by atoms with van der Waals surface area (Å²) < 4.78 is 0. The fourth-order valence-electron chi connectivity index (χ4n) is 2.05. The van der Waals surface area contributed by atoms with Crippen LogP contribution in [-0.2, 0) is 0 Å². The van der Waals surface area contributed by atoms with Crippen LogP contribution in [0.2, 0.25) is 5.02 Å². The lowest BCUT2D eigenvalue weighted by Crippen LogP contribution is -2.36. The highest BCUT2D eigenvalue weighted by atomic mass is 35.5. The zero-order chi connectivity index (χ0) is 11.5. The van der Waals surface area contributed by atoms with Gasteiger partial charge < -0.3 is 4.90 Å². The largest absolute Gasteiger partial charge is 0.334 e. The second kappa shape index (κ2) is 5.07. The SMILES string of the molecule is O=C(c1cccc(Cl)c1)N1CCCC1CCl. The van der Waals surface area contributed by atoms with Gasteiger partial charge in [0.25, 0.3) is 5.91 Å². The second-order valence-electron chi connectivity index (χ2n) is 3.96. The molecule has 1 heterocycles. The molecule has 1 aromatic rings. The molecule has 2 nitrogen and oxygen atoms in total. The van der Waals surface area contributed by atoms with E-state index in [1.165, 1.54) is 0 Å². The lowest BCUT2D eigenvalue weighted by atomic mass is 10.2. The van der Waals surface area contributed by atoms with E-state index in [1.54, 1.807) is 24.3 Å². The molecule has 1 atom stereocenters. The van der Waals surface area contributed by atoms with Crippen molar-refractivity contribution in [3.8, 4) is 0 Å². The number of alkyl halides is 1. The Balaban J connectivity index is 2.18. The molecule has 1 aliphatic rings. The average molecular weight is 258 g/mol. The van der Waals surface area contributed by atoms with Gasteiger partial charge in [-0.1, -0.05) is 17.7 Å². The Labute approximate surface area is 105 Å². The summed E-state index contributed by atoms with van der Waals surface area (Å²) in [4.78, 5) is 14.0. The summed E-state index contributed by atoms with van der Waals surface area (Å²) >= 11 is 11.7. The molecule has 0 radical (unpaired) electrons. The van der Waals surface area contributed by atoms with Crippen LogP contribution in [-0.4, -0.2) is 29.3 Å².